The summed E-state index contributed by atoms with van der Waals surface area (Å²) in [6.07, 6.45) is 5.27. The monoisotopic (exact) mass is 520 g/mol. The predicted molar refractivity (Wildman–Crippen MR) is 138 cm³/mol. The fourth-order valence-corrected chi connectivity index (χ4v) is 4.80. The van der Waals surface area contributed by atoms with Crippen LogP contribution in [0.2, 0.25) is 0 Å². The first-order valence-corrected chi connectivity index (χ1v) is 12.6. The molecule has 5 rings (SSSR count). The molecule has 0 aliphatic heterocycles. The van der Waals surface area contributed by atoms with Crippen LogP contribution in [-0.4, -0.2) is 35.9 Å². The lowest BCUT2D eigenvalue weighted by molar-refractivity contribution is -0.127. The molecule has 4 heterocycles. The lowest BCUT2D eigenvalue weighted by atomic mass is 9.77. The van der Waals surface area contributed by atoms with Crippen LogP contribution in [0.15, 0.2) is 48.9 Å². The highest BCUT2D eigenvalue weighted by Gasteiger charge is 2.40. The number of rotatable bonds is 7. The number of carbonyl (C=O) groups excluding carboxylic acids is 1. The third kappa shape index (κ3) is 5.56. The van der Waals surface area contributed by atoms with Crippen molar-refractivity contribution in [1.29, 1.82) is 0 Å². The first kappa shape index (κ1) is 25.5. The maximum absolute atomic E-state index is 16.1. The average molecular weight is 521 g/mol. The Hall–Kier alpha value is -4.15. The molecule has 0 bridgehead atoms. The van der Waals surface area contributed by atoms with Crippen LogP contribution in [0.4, 0.5) is 20.4 Å². The standard InChI is InChI=1S/C27H30F2N8O/c1-16-10-22(33-23(11-16)34-24-12-17(2)35-36-24)27(29)8-6-19(7-9-27)26(38)32-18(3)20-4-5-25(30-13-20)37-15-21(28)14-31-37/h4-5,10-15,18-19H,6-9H2,1-3H3,(H,32,38)(H2,33,34,35,36)/t18-,19-,27-/m0/s1. The number of anilines is 2. The van der Waals surface area contributed by atoms with Crippen molar-refractivity contribution in [1.82, 2.24) is 35.3 Å². The van der Waals surface area contributed by atoms with E-state index < -0.39 is 11.5 Å². The first-order chi connectivity index (χ1) is 18.2. The Morgan fingerprint density at radius 3 is 2.58 bits per heavy atom. The summed E-state index contributed by atoms with van der Waals surface area (Å²) < 4.78 is 30.6. The molecule has 1 aliphatic carbocycles. The van der Waals surface area contributed by atoms with Crippen molar-refractivity contribution in [2.75, 3.05) is 5.32 Å². The molecule has 38 heavy (non-hydrogen) atoms. The van der Waals surface area contributed by atoms with E-state index in [9.17, 15) is 9.18 Å². The number of hydrogen-bond donors (Lipinski definition) is 3. The Labute approximate surface area is 219 Å². The molecule has 1 amide bonds. The van der Waals surface area contributed by atoms with Gasteiger partial charge in [-0.15, -0.1) is 0 Å². The summed E-state index contributed by atoms with van der Waals surface area (Å²) in [6, 6.07) is 8.73. The number of amides is 1. The van der Waals surface area contributed by atoms with Crippen LogP contribution in [0.25, 0.3) is 5.82 Å². The molecule has 0 saturated heterocycles. The van der Waals surface area contributed by atoms with Crippen molar-refractivity contribution in [3.63, 3.8) is 0 Å². The summed E-state index contributed by atoms with van der Waals surface area (Å²) >= 11 is 0. The fraction of sp³-hybridized carbons (Fsp3) is 0.370. The van der Waals surface area contributed by atoms with Gasteiger partial charge in [-0.2, -0.15) is 10.2 Å². The molecule has 4 aromatic heterocycles. The minimum absolute atomic E-state index is 0.105. The highest BCUT2D eigenvalue weighted by Crippen LogP contribution is 2.43. The van der Waals surface area contributed by atoms with Gasteiger partial charge in [-0.05, 0) is 75.8 Å². The molecule has 1 saturated carbocycles. The summed E-state index contributed by atoms with van der Waals surface area (Å²) in [7, 11) is 0. The Bertz CT molecular complexity index is 1420. The van der Waals surface area contributed by atoms with Gasteiger partial charge in [0.25, 0.3) is 0 Å². The smallest absolute Gasteiger partial charge is 0.223 e. The van der Waals surface area contributed by atoms with Gasteiger partial charge in [0.05, 0.1) is 24.1 Å². The zero-order valence-corrected chi connectivity index (χ0v) is 21.5. The molecule has 1 atom stereocenters. The zero-order chi connectivity index (χ0) is 26.9. The Morgan fingerprint density at radius 1 is 1.16 bits per heavy atom. The number of carbonyl (C=O) groups is 1. The summed E-state index contributed by atoms with van der Waals surface area (Å²) in [5, 5.41) is 17.1. The minimum Gasteiger partial charge on any atom is -0.349 e. The number of aryl methyl sites for hydroxylation is 2. The number of nitrogens with one attached hydrogen (secondary N) is 3. The van der Waals surface area contributed by atoms with Crippen LogP contribution in [0.3, 0.4) is 0 Å². The Balaban J connectivity index is 1.19. The third-order valence-electron chi connectivity index (χ3n) is 6.96. The van der Waals surface area contributed by atoms with Crippen molar-refractivity contribution in [2.24, 2.45) is 5.92 Å². The summed E-state index contributed by atoms with van der Waals surface area (Å²) in [6.45, 7) is 5.68. The third-order valence-corrected chi connectivity index (χ3v) is 6.96. The van der Waals surface area contributed by atoms with Crippen LogP contribution in [0, 0.1) is 25.6 Å². The van der Waals surface area contributed by atoms with E-state index in [-0.39, 0.29) is 30.7 Å². The van der Waals surface area contributed by atoms with Crippen LogP contribution in [0.1, 0.15) is 61.2 Å². The quantitative estimate of drug-likeness (QED) is 0.312. The SMILES string of the molecule is Cc1cc(Nc2cc(C)[nH]n2)nc([C@]2(F)CC[C@H](C(=O)N[C@@H](C)c3ccc(-n4cc(F)cn4)nc3)CC2)c1. The molecule has 3 N–H and O–H groups in total. The predicted octanol–water partition coefficient (Wildman–Crippen LogP) is 5.12. The molecule has 4 aromatic rings. The van der Waals surface area contributed by atoms with Gasteiger partial charge in [0, 0.05) is 23.9 Å². The summed E-state index contributed by atoms with van der Waals surface area (Å²) in [5.41, 5.74) is 1.39. The summed E-state index contributed by atoms with van der Waals surface area (Å²) in [4.78, 5) is 21.8. The second-order valence-corrected chi connectivity index (χ2v) is 10.00. The molecule has 11 heteroatoms. The van der Waals surface area contributed by atoms with E-state index in [2.05, 4.69) is 35.9 Å². The largest absolute Gasteiger partial charge is 0.349 e. The van der Waals surface area contributed by atoms with E-state index in [1.54, 1.807) is 18.3 Å². The van der Waals surface area contributed by atoms with Crippen LogP contribution in [0.5, 0.6) is 0 Å². The second-order valence-electron chi connectivity index (χ2n) is 10.00. The highest BCUT2D eigenvalue weighted by atomic mass is 19.1. The Morgan fingerprint density at radius 2 is 1.95 bits per heavy atom. The van der Waals surface area contributed by atoms with Crippen molar-refractivity contribution in [3.05, 3.63) is 77.3 Å². The molecule has 0 unspecified atom stereocenters. The van der Waals surface area contributed by atoms with E-state index >= 15 is 4.39 Å². The first-order valence-electron chi connectivity index (χ1n) is 12.6. The van der Waals surface area contributed by atoms with Crippen molar-refractivity contribution in [2.45, 2.75) is 58.2 Å². The minimum atomic E-state index is -1.60. The number of aromatic nitrogens is 6. The van der Waals surface area contributed by atoms with E-state index in [4.69, 9.17) is 0 Å². The molecular formula is C27H30F2N8O. The number of hydrogen-bond acceptors (Lipinski definition) is 6. The average Bonchev–Trinajstić information content (AvgIpc) is 3.51. The number of halogens is 2. The topological polar surface area (TPSA) is 113 Å². The molecule has 0 aromatic carbocycles. The second kappa shape index (κ2) is 10.3. The lowest BCUT2D eigenvalue weighted by Gasteiger charge is -2.33. The number of H-pyrrole nitrogens is 1. The van der Waals surface area contributed by atoms with E-state index in [0.717, 1.165) is 23.0 Å². The van der Waals surface area contributed by atoms with Gasteiger partial charge in [0.1, 0.15) is 5.82 Å². The van der Waals surface area contributed by atoms with Crippen LogP contribution >= 0.6 is 0 Å². The van der Waals surface area contributed by atoms with Gasteiger partial charge in [-0.25, -0.2) is 23.4 Å². The molecule has 0 spiro atoms. The van der Waals surface area contributed by atoms with Crippen molar-refractivity contribution in [3.8, 4) is 5.82 Å². The van der Waals surface area contributed by atoms with Crippen molar-refractivity contribution >= 4 is 17.5 Å². The number of aromatic amines is 1. The lowest BCUT2D eigenvalue weighted by Crippen LogP contribution is -2.38. The van der Waals surface area contributed by atoms with Crippen LogP contribution < -0.4 is 10.6 Å². The Kier molecular flexibility index (Phi) is 6.92. The van der Waals surface area contributed by atoms with Crippen molar-refractivity contribution < 1.29 is 13.6 Å². The van der Waals surface area contributed by atoms with Gasteiger partial charge >= 0.3 is 0 Å². The zero-order valence-electron chi connectivity index (χ0n) is 21.5. The molecule has 1 aliphatic rings. The van der Waals surface area contributed by atoms with Crippen LogP contribution in [-0.2, 0) is 10.5 Å². The molecule has 1 fully saturated rings. The molecule has 0 radical (unpaired) electrons. The normalized spacial score (nSPS) is 20.2. The number of nitrogens with zero attached hydrogens (tertiary/aromatic N) is 5. The van der Waals surface area contributed by atoms with E-state index in [0.29, 0.717) is 36.0 Å². The van der Waals surface area contributed by atoms with E-state index in [1.165, 1.54) is 10.9 Å². The maximum atomic E-state index is 16.1. The van der Waals surface area contributed by atoms with Gasteiger partial charge < -0.3 is 10.6 Å². The maximum Gasteiger partial charge on any atom is 0.223 e. The fourth-order valence-electron chi connectivity index (χ4n) is 4.80. The highest BCUT2D eigenvalue weighted by molar-refractivity contribution is 5.79. The van der Waals surface area contributed by atoms with E-state index in [1.807, 2.05) is 39.0 Å². The summed E-state index contributed by atoms with van der Waals surface area (Å²) in [5.74, 6) is 0.802. The number of alkyl halides is 1. The van der Waals surface area contributed by atoms with Gasteiger partial charge in [0.15, 0.2) is 23.1 Å². The van der Waals surface area contributed by atoms with Gasteiger partial charge in [-0.3, -0.25) is 9.89 Å². The molecule has 9 nitrogen and oxygen atoms in total. The van der Waals surface area contributed by atoms with Gasteiger partial charge in [-0.1, -0.05) is 6.07 Å². The molecular weight excluding hydrogens is 490 g/mol. The molecule has 198 valence electrons. The number of pyridine rings is 2. The van der Waals surface area contributed by atoms with Gasteiger partial charge in [0.2, 0.25) is 5.91 Å².